The number of carbonyl (C=O) groups is 1. The van der Waals surface area contributed by atoms with Crippen molar-refractivity contribution in [3.8, 4) is 0 Å². The van der Waals surface area contributed by atoms with Gasteiger partial charge in [-0.25, -0.2) is 4.79 Å². The summed E-state index contributed by atoms with van der Waals surface area (Å²) in [5.41, 5.74) is 2.06. The fraction of sp³-hybridized carbons (Fsp3) is 0.214. The molecule has 98 valence electrons. The molecule has 5 heteroatoms. The van der Waals surface area contributed by atoms with Crippen LogP contribution < -0.4 is 5.32 Å². The Hall–Kier alpha value is -2.43. The van der Waals surface area contributed by atoms with Crippen molar-refractivity contribution in [1.29, 1.82) is 0 Å². The van der Waals surface area contributed by atoms with E-state index in [1.54, 1.807) is 37.6 Å². The summed E-state index contributed by atoms with van der Waals surface area (Å²) >= 11 is 0. The Bertz CT molecular complexity index is 543. The van der Waals surface area contributed by atoms with Crippen LogP contribution in [0.25, 0.3) is 0 Å². The Morgan fingerprint density at radius 2 is 2.16 bits per heavy atom. The van der Waals surface area contributed by atoms with E-state index in [1.807, 2.05) is 12.1 Å². The highest BCUT2D eigenvalue weighted by Gasteiger charge is 2.11. The molecule has 1 N–H and O–H groups in total. The predicted molar refractivity (Wildman–Crippen MR) is 71.8 cm³/mol. The topological polar surface area (TPSA) is 64.1 Å². The van der Waals surface area contributed by atoms with Gasteiger partial charge in [0.2, 0.25) is 0 Å². The monoisotopic (exact) mass is 257 g/mol. The third-order valence-electron chi connectivity index (χ3n) is 2.50. The number of rotatable bonds is 5. The summed E-state index contributed by atoms with van der Waals surface area (Å²) in [5.74, 6) is -0.329. The number of hydrogen-bond acceptors (Lipinski definition) is 5. The lowest BCUT2D eigenvalue weighted by molar-refractivity contribution is 0.0527. The van der Waals surface area contributed by atoms with Gasteiger partial charge in [-0.1, -0.05) is 12.1 Å². The summed E-state index contributed by atoms with van der Waals surface area (Å²) in [6.07, 6.45) is 4.93. The van der Waals surface area contributed by atoms with Gasteiger partial charge >= 0.3 is 5.97 Å². The minimum atomic E-state index is -0.329. The maximum absolute atomic E-state index is 11.8. The number of para-hydroxylation sites is 1. The lowest BCUT2D eigenvalue weighted by atomic mass is 10.2. The molecule has 1 aromatic carbocycles. The highest BCUT2D eigenvalue weighted by atomic mass is 16.5. The van der Waals surface area contributed by atoms with Crippen LogP contribution in [0.3, 0.4) is 0 Å². The van der Waals surface area contributed by atoms with E-state index in [1.165, 1.54) is 0 Å². The van der Waals surface area contributed by atoms with Crippen LogP contribution in [0.2, 0.25) is 0 Å². The fourth-order valence-electron chi connectivity index (χ4n) is 1.63. The van der Waals surface area contributed by atoms with Crippen molar-refractivity contribution in [3.63, 3.8) is 0 Å². The van der Waals surface area contributed by atoms with Crippen LogP contribution in [0, 0.1) is 0 Å². The fourth-order valence-corrected chi connectivity index (χ4v) is 1.63. The summed E-state index contributed by atoms with van der Waals surface area (Å²) in [6.45, 7) is 2.65. The van der Waals surface area contributed by atoms with Crippen molar-refractivity contribution in [3.05, 3.63) is 54.1 Å². The molecule has 0 amide bonds. The molecular weight excluding hydrogens is 242 g/mol. The summed E-state index contributed by atoms with van der Waals surface area (Å²) in [7, 11) is 0. The van der Waals surface area contributed by atoms with E-state index in [0.29, 0.717) is 18.7 Å². The van der Waals surface area contributed by atoms with Crippen molar-refractivity contribution in [2.45, 2.75) is 13.5 Å². The molecule has 5 nitrogen and oxygen atoms in total. The number of nitrogens with zero attached hydrogens (tertiary/aromatic N) is 2. The number of benzene rings is 1. The first-order chi connectivity index (χ1) is 9.31. The predicted octanol–water partition coefficient (Wildman–Crippen LogP) is 2.27. The molecule has 2 rings (SSSR count). The van der Waals surface area contributed by atoms with Crippen LogP contribution in [0.1, 0.15) is 23.0 Å². The van der Waals surface area contributed by atoms with Crippen molar-refractivity contribution in [1.82, 2.24) is 9.97 Å². The molecule has 0 bridgehead atoms. The van der Waals surface area contributed by atoms with E-state index in [2.05, 4.69) is 15.3 Å². The second kappa shape index (κ2) is 6.49. The normalized spacial score (nSPS) is 9.95. The van der Waals surface area contributed by atoms with Crippen molar-refractivity contribution in [2.75, 3.05) is 11.9 Å². The molecule has 2 aromatic rings. The number of nitrogens with one attached hydrogen (secondary N) is 1. The first-order valence-corrected chi connectivity index (χ1v) is 6.06. The number of esters is 1. The van der Waals surface area contributed by atoms with Crippen LogP contribution in [0.15, 0.2) is 42.9 Å². The zero-order chi connectivity index (χ0) is 13.5. The number of aromatic nitrogens is 2. The lowest BCUT2D eigenvalue weighted by Gasteiger charge is -2.10. The van der Waals surface area contributed by atoms with E-state index in [0.717, 1.165) is 11.4 Å². The van der Waals surface area contributed by atoms with Crippen LogP contribution >= 0.6 is 0 Å². The lowest BCUT2D eigenvalue weighted by Crippen LogP contribution is -2.10. The third kappa shape index (κ3) is 3.51. The van der Waals surface area contributed by atoms with Crippen molar-refractivity contribution < 1.29 is 9.53 Å². The van der Waals surface area contributed by atoms with E-state index in [4.69, 9.17) is 4.74 Å². The highest BCUT2D eigenvalue weighted by molar-refractivity contribution is 5.95. The second-order valence-electron chi connectivity index (χ2n) is 3.82. The molecule has 0 fully saturated rings. The smallest absolute Gasteiger partial charge is 0.340 e. The summed E-state index contributed by atoms with van der Waals surface area (Å²) < 4.78 is 5.01. The standard InChI is InChI=1S/C14H15N3O2/c1-2-19-14(18)12-5-3-4-6-13(12)17-10-11-9-15-7-8-16-11/h3-9,17H,2,10H2,1H3. The van der Waals surface area contributed by atoms with Gasteiger partial charge in [-0.2, -0.15) is 0 Å². The van der Waals surface area contributed by atoms with Crippen molar-refractivity contribution in [2.24, 2.45) is 0 Å². The van der Waals surface area contributed by atoms with Gasteiger partial charge < -0.3 is 10.1 Å². The molecule has 19 heavy (non-hydrogen) atoms. The molecule has 0 saturated heterocycles. The minimum Gasteiger partial charge on any atom is -0.462 e. The van der Waals surface area contributed by atoms with Crippen molar-refractivity contribution >= 4 is 11.7 Å². The van der Waals surface area contributed by atoms with Crippen LogP contribution in [0.5, 0.6) is 0 Å². The summed E-state index contributed by atoms with van der Waals surface area (Å²) in [6, 6.07) is 7.24. The molecule has 0 aliphatic heterocycles. The Morgan fingerprint density at radius 3 is 2.89 bits per heavy atom. The highest BCUT2D eigenvalue weighted by Crippen LogP contribution is 2.16. The molecule has 1 aromatic heterocycles. The van der Waals surface area contributed by atoms with E-state index >= 15 is 0 Å². The Morgan fingerprint density at radius 1 is 1.32 bits per heavy atom. The Kier molecular flexibility index (Phi) is 4.44. The van der Waals surface area contributed by atoms with E-state index in [-0.39, 0.29) is 5.97 Å². The average molecular weight is 257 g/mol. The number of hydrogen-bond donors (Lipinski definition) is 1. The molecular formula is C14H15N3O2. The van der Waals surface area contributed by atoms with Gasteiger partial charge in [-0.15, -0.1) is 0 Å². The molecule has 1 heterocycles. The largest absolute Gasteiger partial charge is 0.462 e. The molecule has 0 aliphatic rings. The third-order valence-corrected chi connectivity index (χ3v) is 2.50. The maximum Gasteiger partial charge on any atom is 0.340 e. The first kappa shape index (κ1) is 13.0. The number of carbonyl (C=O) groups excluding carboxylic acids is 1. The summed E-state index contributed by atoms with van der Waals surface area (Å²) in [4.78, 5) is 19.9. The second-order valence-corrected chi connectivity index (χ2v) is 3.82. The molecule has 0 spiro atoms. The van der Waals surface area contributed by atoms with Crippen LogP contribution in [-0.2, 0) is 11.3 Å². The first-order valence-electron chi connectivity index (χ1n) is 6.06. The van der Waals surface area contributed by atoms with Gasteiger partial charge in [0.05, 0.1) is 30.6 Å². The molecule has 0 unspecified atom stereocenters. The number of anilines is 1. The zero-order valence-electron chi connectivity index (χ0n) is 10.7. The summed E-state index contributed by atoms with van der Waals surface area (Å²) in [5, 5.41) is 3.17. The van der Waals surface area contributed by atoms with Crippen LogP contribution in [0.4, 0.5) is 5.69 Å². The molecule has 0 saturated carbocycles. The van der Waals surface area contributed by atoms with Gasteiger partial charge in [-0.3, -0.25) is 9.97 Å². The average Bonchev–Trinajstić information content (AvgIpc) is 2.47. The Balaban J connectivity index is 2.10. The molecule has 0 radical (unpaired) electrons. The van der Waals surface area contributed by atoms with Gasteiger partial charge in [0.15, 0.2) is 0 Å². The van der Waals surface area contributed by atoms with Gasteiger partial charge in [0, 0.05) is 18.1 Å². The number of ether oxygens (including phenoxy) is 1. The SMILES string of the molecule is CCOC(=O)c1ccccc1NCc1cnccn1. The van der Waals surface area contributed by atoms with Gasteiger partial charge in [0.1, 0.15) is 0 Å². The molecule has 0 atom stereocenters. The van der Waals surface area contributed by atoms with E-state index in [9.17, 15) is 4.79 Å². The Labute approximate surface area is 111 Å². The maximum atomic E-state index is 11.8. The quantitative estimate of drug-likeness (QED) is 0.832. The van der Waals surface area contributed by atoms with Crippen LogP contribution in [-0.4, -0.2) is 22.5 Å². The van der Waals surface area contributed by atoms with Gasteiger partial charge in [0.25, 0.3) is 0 Å². The van der Waals surface area contributed by atoms with Gasteiger partial charge in [-0.05, 0) is 19.1 Å². The zero-order valence-corrected chi connectivity index (χ0v) is 10.7. The minimum absolute atomic E-state index is 0.329. The molecule has 0 aliphatic carbocycles. The van der Waals surface area contributed by atoms with E-state index < -0.39 is 0 Å².